The van der Waals surface area contributed by atoms with Crippen molar-refractivity contribution in [3.05, 3.63) is 35.9 Å². The van der Waals surface area contributed by atoms with Crippen LogP contribution in [-0.2, 0) is 14.3 Å². The fourth-order valence-corrected chi connectivity index (χ4v) is 1.85. The van der Waals surface area contributed by atoms with Crippen LogP contribution in [0, 0.1) is 0 Å². The van der Waals surface area contributed by atoms with Gasteiger partial charge in [-0.25, -0.2) is 4.79 Å². The Morgan fingerprint density at radius 3 is 2.45 bits per heavy atom. The Kier molecular flexibility index (Phi) is 3.88. The Balaban J connectivity index is 1.98. The molecule has 5 nitrogen and oxygen atoms in total. The number of nitrogens with zero attached hydrogens (tertiary/aromatic N) is 2. The van der Waals surface area contributed by atoms with Crippen LogP contribution in [0.25, 0.3) is 0 Å². The van der Waals surface area contributed by atoms with Crippen LogP contribution in [0.15, 0.2) is 35.3 Å². The maximum atomic E-state index is 12.0. The van der Waals surface area contributed by atoms with Gasteiger partial charge in [0.25, 0.3) is 0 Å². The largest absolute Gasteiger partial charge is 0.453 e. The highest BCUT2D eigenvalue weighted by molar-refractivity contribution is 6.33. The molecule has 0 unspecified atom stereocenters. The smallest absolute Gasteiger partial charge is 0.397 e. The Morgan fingerprint density at radius 1 is 1.20 bits per heavy atom. The quantitative estimate of drug-likeness (QED) is 0.577. The summed E-state index contributed by atoms with van der Waals surface area (Å²) in [7, 11) is 0. The number of benzene rings is 1. The van der Waals surface area contributed by atoms with E-state index in [4.69, 9.17) is 4.74 Å². The molecule has 0 saturated heterocycles. The number of hydrogen-bond donors (Lipinski definition) is 0. The van der Waals surface area contributed by atoms with Gasteiger partial charge in [0, 0.05) is 0 Å². The third-order valence-electron chi connectivity index (χ3n) is 2.74. The molecule has 1 heterocycles. The first kappa shape index (κ1) is 14.2. The molecule has 0 aromatic heterocycles. The molecule has 0 saturated carbocycles. The van der Waals surface area contributed by atoms with Gasteiger partial charge in [0.05, 0.1) is 12.3 Å². The number of amides is 1. The standard InChI is InChI=1S/C15H18N2O3/c1-15(2,3)20-14(19)13(18)17-9-12(16-10-17)11-7-5-4-6-8-11/h4-8H,9-10H2,1-3H3. The van der Waals surface area contributed by atoms with Gasteiger partial charge in [-0.05, 0) is 26.3 Å². The molecule has 1 aliphatic rings. The first-order valence-electron chi connectivity index (χ1n) is 6.48. The van der Waals surface area contributed by atoms with E-state index in [-0.39, 0.29) is 6.67 Å². The topological polar surface area (TPSA) is 59.0 Å². The van der Waals surface area contributed by atoms with Crippen LogP contribution in [0.3, 0.4) is 0 Å². The molecule has 1 amide bonds. The summed E-state index contributed by atoms with van der Waals surface area (Å²) in [5, 5.41) is 0. The Bertz CT molecular complexity index is 544. The van der Waals surface area contributed by atoms with Gasteiger partial charge in [0.15, 0.2) is 0 Å². The molecule has 0 fully saturated rings. The van der Waals surface area contributed by atoms with E-state index in [1.165, 1.54) is 4.90 Å². The zero-order chi connectivity index (χ0) is 14.8. The first-order chi connectivity index (χ1) is 9.37. The number of ether oxygens (including phenoxy) is 1. The second-order valence-corrected chi connectivity index (χ2v) is 5.62. The zero-order valence-electron chi connectivity index (χ0n) is 11.9. The fraction of sp³-hybridized carbons (Fsp3) is 0.400. The number of carbonyl (C=O) groups is 2. The maximum absolute atomic E-state index is 12.0. The molecule has 20 heavy (non-hydrogen) atoms. The average Bonchev–Trinajstić information content (AvgIpc) is 2.86. The lowest BCUT2D eigenvalue weighted by molar-refractivity contribution is -0.167. The van der Waals surface area contributed by atoms with Crippen LogP contribution in [0.1, 0.15) is 26.3 Å². The molecule has 0 aliphatic carbocycles. The predicted molar refractivity (Wildman–Crippen MR) is 75.4 cm³/mol. The number of hydrogen-bond acceptors (Lipinski definition) is 4. The van der Waals surface area contributed by atoms with Gasteiger partial charge >= 0.3 is 11.9 Å². The van der Waals surface area contributed by atoms with Gasteiger partial charge < -0.3 is 9.64 Å². The first-order valence-corrected chi connectivity index (χ1v) is 6.48. The number of carbonyl (C=O) groups excluding carboxylic acids is 2. The monoisotopic (exact) mass is 274 g/mol. The van der Waals surface area contributed by atoms with E-state index in [0.29, 0.717) is 6.54 Å². The van der Waals surface area contributed by atoms with Crippen molar-refractivity contribution in [2.45, 2.75) is 26.4 Å². The van der Waals surface area contributed by atoms with Gasteiger partial charge in [0.1, 0.15) is 12.3 Å². The van der Waals surface area contributed by atoms with E-state index in [9.17, 15) is 9.59 Å². The van der Waals surface area contributed by atoms with E-state index < -0.39 is 17.5 Å². The van der Waals surface area contributed by atoms with Crippen molar-refractivity contribution in [1.29, 1.82) is 0 Å². The average molecular weight is 274 g/mol. The third-order valence-corrected chi connectivity index (χ3v) is 2.74. The number of aliphatic imine (C=N–C) groups is 1. The van der Waals surface area contributed by atoms with Crippen molar-refractivity contribution in [3.8, 4) is 0 Å². The highest BCUT2D eigenvalue weighted by atomic mass is 16.6. The molecule has 1 aromatic carbocycles. The van der Waals surface area contributed by atoms with Gasteiger partial charge in [0.2, 0.25) is 0 Å². The second-order valence-electron chi connectivity index (χ2n) is 5.62. The Labute approximate surface area is 118 Å². The maximum Gasteiger partial charge on any atom is 0.397 e. The SMILES string of the molecule is CC(C)(C)OC(=O)C(=O)N1CN=C(c2ccccc2)C1. The van der Waals surface area contributed by atoms with Crippen LogP contribution >= 0.6 is 0 Å². The molecular weight excluding hydrogens is 256 g/mol. The van der Waals surface area contributed by atoms with Crippen LogP contribution < -0.4 is 0 Å². The highest BCUT2D eigenvalue weighted by Gasteiger charge is 2.30. The lowest BCUT2D eigenvalue weighted by Crippen LogP contribution is -2.40. The van der Waals surface area contributed by atoms with E-state index in [1.807, 2.05) is 30.3 Å². The van der Waals surface area contributed by atoms with E-state index >= 15 is 0 Å². The fourth-order valence-electron chi connectivity index (χ4n) is 1.85. The van der Waals surface area contributed by atoms with Gasteiger partial charge in [-0.3, -0.25) is 9.79 Å². The van der Waals surface area contributed by atoms with E-state index in [1.54, 1.807) is 20.8 Å². The summed E-state index contributed by atoms with van der Waals surface area (Å²) < 4.78 is 5.07. The predicted octanol–water partition coefficient (Wildman–Crippen LogP) is 1.62. The van der Waals surface area contributed by atoms with Gasteiger partial charge in [-0.1, -0.05) is 30.3 Å². The molecule has 106 valence electrons. The summed E-state index contributed by atoms with van der Waals surface area (Å²) in [5.41, 5.74) is 1.10. The summed E-state index contributed by atoms with van der Waals surface area (Å²) in [5.74, 6) is -1.48. The van der Waals surface area contributed by atoms with E-state index in [0.717, 1.165) is 11.3 Å². The van der Waals surface area contributed by atoms with Crippen LogP contribution in [-0.4, -0.2) is 41.3 Å². The minimum absolute atomic E-state index is 0.197. The summed E-state index contributed by atoms with van der Waals surface area (Å²) in [6, 6.07) is 9.61. The molecule has 1 aliphatic heterocycles. The molecule has 0 spiro atoms. The lowest BCUT2D eigenvalue weighted by atomic mass is 10.1. The van der Waals surface area contributed by atoms with Crippen molar-refractivity contribution >= 4 is 17.6 Å². The molecule has 0 N–H and O–H groups in total. The van der Waals surface area contributed by atoms with Crippen molar-refractivity contribution in [1.82, 2.24) is 4.90 Å². The molecule has 0 atom stereocenters. The third kappa shape index (κ3) is 3.44. The summed E-state index contributed by atoms with van der Waals surface area (Å²) in [6.07, 6.45) is 0. The second kappa shape index (κ2) is 5.45. The van der Waals surface area contributed by atoms with E-state index in [2.05, 4.69) is 4.99 Å². The zero-order valence-corrected chi connectivity index (χ0v) is 11.9. The van der Waals surface area contributed by atoms with Crippen molar-refractivity contribution in [3.63, 3.8) is 0 Å². The van der Waals surface area contributed by atoms with Crippen molar-refractivity contribution in [2.24, 2.45) is 4.99 Å². The Morgan fingerprint density at radius 2 is 1.85 bits per heavy atom. The van der Waals surface area contributed by atoms with Crippen LogP contribution in [0.2, 0.25) is 0 Å². The molecule has 5 heteroatoms. The molecule has 1 aromatic rings. The van der Waals surface area contributed by atoms with Crippen molar-refractivity contribution in [2.75, 3.05) is 13.2 Å². The minimum atomic E-state index is -0.831. The number of rotatable bonds is 1. The van der Waals surface area contributed by atoms with Crippen LogP contribution in [0.4, 0.5) is 0 Å². The normalized spacial score (nSPS) is 14.9. The molecular formula is C15H18N2O3. The molecule has 0 bridgehead atoms. The lowest BCUT2D eigenvalue weighted by Gasteiger charge is -2.21. The molecule has 0 radical (unpaired) electrons. The van der Waals surface area contributed by atoms with Crippen molar-refractivity contribution < 1.29 is 14.3 Å². The number of esters is 1. The Hall–Kier alpha value is -2.17. The summed E-state index contributed by atoms with van der Waals surface area (Å²) in [4.78, 5) is 29.4. The van der Waals surface area contributed by atoms with Crippen LogP contribution in [0.5, 0.6) is 0 Å². The minimum Gasteiger partial charge on any atom is -0.453 e. The summed E-state index contributed by atoms with van der Waals surface area (Å²) in [6.45, 7) is 5.72. The molecule has 2 rings (SSSR count). The van der Waals surface area contributed by atoms with Gasteiger partial charge in [-0.15, -0.1) is 0 Å². The van der Waals surface area contributed by atoms with Gasteiger partial charge in [-0.2, -0.15) is 0 Å². The highest BCUT2D eigenvalue weighted by Crippen LogP contribution is 2.12. The summed E-state index contributed by atoms with van der Waals surface area (Å²) >= 11 is 0.